The van der Waals surface area contributed by atoms with E-state index in [1.165, 1.54) is 17.7 Å². The molecule has 0 fully saturated rings. The topological polar surface area (TPSA) is 55.1 Å². The van der Waals surface area contributed by atoms with Gasteiger partial charge in [0, 0.05) is 36.8 Å². The molecule has 25 heavy (non-hydrogen) atoms. The molecule has 0 aliphatic rings. The van der Waals surface area contributed by atoms with E-state index in [1.54, 1.807) is 29.0 Å². The normalized spacial score (nSPS) is 10.9. The van der Waals surface area contributed by atoms with Crippen LogP contribution in [0.15, 0.2) is 67.1 Å². The van der Waals surface area contributed by atoms with Crippen molar-refractivity contribution in [2.75, 3.05) is 11.9 Å². The lowest BCUT2D eigenvalue weighted by molar-refractivity contribution is 0.628. The van der Waals surface area contributed by atoms with E-state index in [2.05, 4.69) is 20.4 Å². The molecule has 0 unspecified atom stereocenters. The molecule has 0 amide bonds. The predicted molar refractivity (Wildman–Crippen MR) is 94.8 cm³/mol. The summed E-state index contributed by atoms with van der Waals surface area (Å²) in [6.45, 7) is 0.784. The summed E-state index contributed by atoms with van der Waals surface area (Å²) in [6, 6.07) is 14.1. The average Bonchev–Trinajstić information content (AvgIpc) is 3.06. The fourth-order valence-electron chi connectivity index (χ4n) is 2.62. The first-order valence-electron chi connectivity index (χ1n) is 8.03. The van der Waals surface area contributed by atoms with Crippen LogP contribution in [0.25, 0.3) is 16.9 Å². The van der Waals surface area contributed by atoms with E-state index in [4.69, 9.17) is 0 Å². The van der Waals surface area contributed by atoms with Gasteiger partial charge in [0.25, 0.3) is 0 Å². The van der Waals surface area contributed by atoms with Gasteiger partial charge in [-0.2, -0.15) is 5.10 Å². The highest BCUT2D eigenvalue weighted by Crippen LogP contribution is 2.20. The zero-order valence-corrected chi connectivity index (χ0v) is 13.4. The number of pyridine rings is 1. The van der Waals surface area contributed by atoms with Crippen molar-refractivity contribution < 1.29 is 4.39 Å². The monoisotopic (exact) mass is 333 g/mol. The number of halogens is 1. The minimum Gasteiger partial charge on any atom is -0.370 e. The Morgan fingerprint density at radius 2 is 1.80 bits per heavy atom. The van der Waals surface area contributed by atoms with Crippen molar-refractivity contribution in [1.29, 1.82) is 0 Å². The molecule has 124 valence electrons. The number of hydrogen-bond acceptors (Lipinski definition) is 4. The van der Waals surface area contributed by atoms with Crippen molar-refractivity contribution in [1.82, 2.24) is 19.6 Å². The van der Waals surface area contributed by atoms with E-state index in [9.17, 15) is 4.39 Å². The summed E-state index contributed by atoms with van der Waals surface area (Å²) in [7, 11) is 0. The molecule has 6 heteroatoms. The SMILES string of the molecule is Fc1ccc(-c2cc3nc(NCCc4ccncc4)ccn3n2)cc1. The van der Waals surface area contributed by atoms with Gasteiger partial charge in [-0.3, -0.25) is 4.98 Å². The Bertz CT molecular complexity index is 980. The van der Waals surface area contributed by atoms with Crippen LogP contribution in [-0.2, 0) is 6.42 Å². The number of aromatic nitrogens is 4. The lowest BCUT2D eigenvalue weighted by atomic mass is 10.1. The zero-order chi connectivity index (χ0) is 17.1. The molecule has 0 aliphatic heterocycles. The van der Waals surface area contributed by atoms with Crippen molar-refractivity contribution in [2.45, 2.75) is 6.42 Å². The van der Waals surface area contributed by atoms with Crippen LogP contribution in [0, 0.1) is 5.82 Å². The molecule has 3 aromatic heterocycles. The van der Waals surface area contributed by atoms with E-state index in [0.29, 0.717) is 0 Å². The fourth-order valence-corrected chi connectivity index (χ4v) is 2.62. The second-order valence-electron chi connectivity index (χ2n) is 5.68. The third kappa shape index (κ3) is 3.47. The number of anilines is 1. The van der Waals surface area contributed by atoms with Gasteiger partial charge in [-0.15, -0.1) is 0 Å². The first-order chi connectivity index (χ1) is 12.3. The van der Waals surface area contributed by atoms with Crippen LogP contribution in [0.3, 0.4) is 0 Å². The highest BCUT2D eigenvalue weighted by molar-refractivity contribution is 5.64. The fraction of sp³-hybridized carbons (Fsp3) is 0.105. The molecular weight excluding hydrogens is 317 g/mol. The lowest BCUT2D eigenvalue weighted by Gasteiger charge is -2.05. The molecule has 0 aliphatic carbocycles. The molecule has 0 saturated heterocycles. The molecule has 0 saturated carbocycles. The Morgan fingerprint density at radius 3 is 2.60 bits per heavy atom. The van der Waals surface area contributed by atoms with E-state index < -0.39 is 0 Å². The first kappa shape index (κ1) is 15.3. The predicted octanol–water partition coefficient (Wildman–Crippen LogP) is 3.59. The number of hydrogen-bond donors (Lipinski definition) is 1. The number of nitrogens with one attached hydrogen (secondary N) is 1. The van der Waals surface area contributed by atoms with Crippen LogP contribution >= 0.6 is 0 Å². The first-order valence-corrected chi connectivity index (χ1v) is 8.03. The number of nitrogens with zero attached hydrogens (tertiary/aromatic N) is 4. The van der Waals surface area contributed by atoms with Crippen LogP contribution in [0.1, 0.15) is 5.56 Å². The third-order valence-corrected chi connectivity index (χ3v) is 3.93. The maximum Gasteiger partial charge on any atom is 0.157 e. The van der Waals surface area contributed by atoms with E-state index >= 15 is 0 Å². The highest BCUT2D eigenvalue weighted by atomic mass is 19.1. The summed E-state index contributed by atoms with van der Waals surface area (Å²) in [6.07, 6.45) is 6.35. The third-order valence-electron chi connectivity index (χ3n) is 3.93. The summed E-state index contributed by atoms with van der Waals surface area (Å²) in [5.41, 5.74) is 3.60. The summed E-state index contributed by atoms with van der Waals surface area (Å²) in [5, 5.41) is 7.80. The van der Waals surface area contributed by atoms with Gasteiger partial charge in [-0.25, -0.2) is 13.9 Å². The van der Waals surface area contributed by atoms with Gasteiger partial charge in [-0.05, 0) is 54.4 Å². The summed E-state index contributed by atoms with van der Waals surface area (Å²) >= 11 is 0. The van der Waals surface area contributed by atoms with Crippen LogP contribution in [0.4, 0.5) is 10.2 Å². The molecule has 1 aromatic carbocycles. The maximum absolute atomic E-state index is 13.1. The largest absolute Gasteiger partial charge is 0.370 e. The Morgan fingerprint density at radius 1 is 1.00 bits per heavy atom. The molecular formula is C19H16FN5. The lowest BCUT2D eigenvalue weighted by Crippen LogP contribution is -2.07. The minimum atomic E-state index is -0.258. The van der Waals surface area contributed by atoms with Crippen molar-refractivity contribution in [3.8, 4) is 11.3 Å². The number of rotatable bonds is 5. The van der Waals surface area contributed by atoms with Crippen LogP contribution in [0.2, 0.25) is 0 Å². The van der Waals surface area contributed by atoms with Crippen molar-refractivity contribution in [3.63, 3.8) is 0 Å². The summed E-state index contributed by atoms with van der Waals surface area (Å²) in [4.78, 5) is 8.59. The van der Waals surface area contributed by atoms with Crippen molar-refractivity contribution in [3.05, 3.63) is 78.5 Å². The maximum atomic E-state index is 13.1. The Hall–Kier alpha value is -3.28. The van der Waals surface area contributed by atoms with Gasteiger partial charge >= 0.3 is 0 Å². The molecule has 5 nitrogen and oxygen atoms in total. The van der Waals surface area contributed by atoms with Gasteiger partial charge in [0.2, 0.25) is 0 Å². The molecule has 3 heterocycles. The summed E-state index contributed by atoms with van der Waals surface area (Å²) in [5.74, 6) is 0.540. The molecule has 0 bridgehead atoms. The molecule has 0 atom stereocenters. The van der Waals surface area contributed by atoms with Gasteiger partial charge in [-0.1, -0.05) is 0 Å². The van der Waals surface area contributed by atoms with Crippen LogP contribution < -0.4 is 5.32 Å². The average molecular weight is 333 g/mol. The van der Waals surface area contributed by atoms with E-state index in [1.807, 2.05) is 30.5 Å². The molecule has 0 spiro atoms. The van der Waals surface area contributed by atoms with Crippen LogP contribution in [-0.4, -0.2) is 26.1 Å². The molecule has 4 aromatic rings. The zero-order valence-electron chi connectivity index (χ0n) is 13.4. The molecule has 1 N–H and O–H groups in total. The Kier molecular flexibility index (Phi) is 4.08. The minimum absolute atomic E-state index is 0.258. The molecule has 0 radical (unpaired) electrons. The van der Waals surface area contributed by atoms with Crippen LogP contribution in [0.5, 0.6) is 0 Å². The van der Waals surface area contributed by atoms with Gasteiger partial charge in [0.1, 0.15) is 11.6 Å². The number of fused-ring (bicyclic) bond motifs is 1. The van der Waals surface area contributed by atoms with Gasteiger partial charge < -0.3 is 5.32 Å². The Labute approximate surface area is 144 Å². The van der Waals surface area contributed by atoms with Gasteiger partial charge in [0.05, 0.1) is 5.69 Å². The van der Waals surface area contributed by atoms with E-state index in [-0.39, 0.29) is 5.82 Å². The standard InChI is InChI=1S/C19H16FN5/c20-16-3-1-15(2-4-16)17-13-19-23-18(8-12-25(19)24-17)22-11-7-14-5-9-21-10-6-14/h1-6,8-10,12-13H,7,11H2,(H,22,23). The summed E-state index contributed by atoms with van der Waals surface area (Å²) < 4.78 is 14.8. The number of benzene rings is 1. The van der Waals surface area contributed by atoms with Gasteiger partial charge in [0.15, 0.2) is 5.65 Å². The van der Waals surface area contributed by atoms with Crippen molar-refractivity contribution >= 4 is 11.5 Å². The van der Waals surface area contributed by atoms with Crippen molar-refractivity contribution in [2.24, 2.45) is 0 Å². The quantitative estimate of drug-likeness (QED) is 0.606. The smallest absolute Gasteiger partial charge is 0.157 e. The Balaban J connectivity index is 1.49. The second kappa shape index (κ2) is 6.68. The molecule has 4 rings (SSSR count). The van der Waals surface area contributed by atoms with E-state index in [0.717, 1.165) is 35.7 Å². The highest BCUT2D eigenvalue weighted by Gasteiger charge is 2.06. The second-order valence-corrected chi connectivity index (χ2v) is 5.68.